The fourth-order valence-electron chi connectivity index (χ4n) is 7.34. The molecule has 0 radical (unpaired) electrons. The molecule has 6 nitrogen and oxygen atoms in total. The van der Waals surface area contributed by atoms with E-state index in [1.165, 1.54) is 4.57 Å². The topological polar surface area (TPSA) is 48.8 Å². The van der Waals surface area contributed by atoms with Crippen molar-refractivity contribution in [3.05, 3.63) is 194 Å². The lowest BCUT2D eigenvalue weighted by molar-refractivity contribution is -0.573. The maximum absolute atomic E-state index is 8.98. The minimum atomic E-state index is -0.577. The predicted molar refractivity (Wildman–Crippen MR) is 230 cm³/mol. The molecule has 0 saturated carbocycles. The Balaban J connectivity index is 1.15. The van der Waals surface area contributed by atoms with Crippen LogP contribution in [-0.2, 0) is 5.41 Å². The summed E-state index contributed by atoms with van der Waals surface area (Å²) in [7, 11) is 0. The van der Waals surface area contributed by atoms with Crippen molar-refractivity contribution in [2.75, 3.05) is 0 Å². The summed E-state index contributed by atoms with van der Waals surface area (Å²) < 4.78 is 98.7. The highest BCUT2D eigenvalue weighted by molar-refractivity contribution is 6.09. The molecule has 4 heterocycles. The summed E-state index contributed by atoms with van der Waals surface area (Å²) in [5, 5.41) is 2.12. The van der Waals surface area contributed by atoms with E-state index in [-0.39, 0.29) is 33.4 Å². The number of hydrogen-bond donors (Lipinski definition) is 0. The van der Waals surface area contributed by atoms with Crippen LogP contribution >= 0.6 is 0 Å². The first kappa shape index (κ1) is 25.0. The Kier molecular flexibility index (Phi) is 6.03. The zero-order valence-electron chi connectivity index (χ0n) is 41.2. The number of hydrogen-bond acceptors (Lipinski definition) is 3. The van der Waals surface area contributed by atoms with Crippen LogP contribution in [-0.4, -0.2) is 19.1 Å². The van der Waals surface area contributed by atoms with Crippen LogP contribution in [0.1, 0.15) is 40.0 Å². The van der Waals surface area contributed by atoms with Crippen LogP contribution in [0.15, 0.2) is 182 Å². The fraction of sp³-hybridized carbons (Fsp3) is 0.0784. The van der Waals surface area contributed by atoms with Crippen LogP contribution in [0, 0.1) is 6.33 Å². The van der Waals surface area contributed by atoms with Crippen molar-refractivity contribution >= 4 is 33.0 Å². The summed E-state index contributed by atoms with van der Waals surface area (Å²) in [6.07, 6.45) is 6.78. The molecule has 0 aliphatic rings. The van der Waals surface area contributed by atoms with Crippen LogP contribution in [0.3, 0.4) is 0 Å². The molecule has 274 valence electrons. The van der Waals surface area contributed by atoms with Gasteiger partial charge < -0.3 is 9.30 Å². The van der Waals surface area contributed by atoms with Gasteiger partial charge in [-0.2, -0.15) is 4.98 Å². The highest BCUT2D eigenvalue weighted by Gasteiger charge is 2.21. The number of pyridine rings is 2. The number of ether oxygens (including phenoxy) is 1. The quantitative estimate of drug-likeness (QED) is 0.120. The molecule has 0 bridgehead atoms. The van der Waals surface area contributed by atoms with Crippen LogP contribution in [0.25, 0.3) is 72.4 Å². The average molecular weight is 748 g/mol. The number of nitrogens with zero attached hydrogens (tertiary/aromatic N) is 5. The first-order valence-corrected chi connectivity index (χ1v) is 18.4. The van der Waals surface area contributed by atoms with Crippen molar-refractivity contribution in [3.63, 3.8) is 0 Å². The smallest absolute Gasteiger partial charge is 0.208 e. The Morgan fingerprint density at radius 1 is 0.614 bits per heavy atom. The monoisotopic (exact) mass is 747 g/mol. The van der Waals surface area contributed by atoms with Crippen molar-refractivity contribution in [3.8, 4) is 50.9 Å². The highest BCUT2D eigenvalue weighted by atomic mass is 16.5. The van der Waals surface area contributed by atoms with E-state index in [1.54, 1.807) is 35.0 Å². The summed E-state index contributed by atoms with van der Waals surface area (Å²) in [5.41, 5.74) is 4.49. The lowest BCUT2D eigenvalue weighted by atomic mass is 9.88. The largest absolute Gasteiger partial charge is 0.458 e. The molecule has 10 rings (SSSR count). The number of rotatable bonds is 7. The van der Waals surface area contributed by atoms with Gasteiger partial charge in [0, 0.05) is 28.7 Å². The van der Waals surface area contributed by atoms with Gasteiger partial charge in [0.05, 0.1) is 42.1 Å². The van der Waals surface area contributed by atoms with E-state index in [9.17, 15) is 0 Å². The molecule has 57 heavy (non-hydrogen) atoms. The first-order chi connectivity index (χ1) is 32.0. The zero-order valence-corrected chi connectivity index (χ0v) is 31.2. The first-order valence-electron chi connectivity index (χ1n) is 23.4. The minimum absolute atomic E-state index is 0.0894. The van der Waals surface area contributed by atoms with E-state index in [1.807, 2.05) is 72.9 Å². The Labute approximate surface area is 345 Å². The van der Waals surface area contributed by atoms with Crippen molar-refractivity contribution in [2.45, 2.75) is 26.2 Å². The predicted octanol–water partition coefficient (Wildman–Crippen LogP) is 12.0. The van der Waals surface area contributed by atoms with E-state index in [4.69, 9.17) is 28.4 Å². The Bertz CT molecular complexity index is 3540. The zero-order chi connectivity index (χ0) is 47.2. The third kappa shape index (κ3) is 6.12. The van der Waals surface area contributed by atoms with Crippen molar-refractivity contribution in [1.29, 1.82) is 0 Å². The standard InChI is InChI=1S/C51H39N5O/c1-51(2,3)37-28-30-52-48(31-37)56-45-24-11-10-21-43(45)44-27-26-40(33-47(44)56)57-39-20-12-19-38(32-39)54-34-55(50-46(54)25-14-29-53-50)49-41(35-15-6-4-7-16-35)22-13-23-42(49)36-17-8-5-9-18-36/h4-33H,1-3H3/i4D,5D,6D,7D,8D,9D,15D,16D,17D,18D. The van der Waals surface area contributed by atoms with Gasteiger partial charge in [-0.3, -0.25) is 9.13 Å². The molecule has 6 aromatic carbocycles. The molecule has 0 unspecified atom stereocenters. The molecule has 0 aliphatic carbocycles. The molecule has 10 aromatic rings. The summed E-state index contributed by atoms with van der Waals surface area (Å²) in [5.74, 6) is 1.87. The number of aromatic nitrogens is 5. The Morgan fingerprint density at radius 3 is 2.05 bits per heavy atom. The molecule has 0 amide bonds. The Hall–Kier alpha value is -7.31. The SMILES string of the molecule is [2H]c1c([2H])c([2H])c(-c2cccc(-c3c([2H])c([2H])c([2H])c([2H])c3[2H])c2-[n+]2[c-]n(-c3cccc(Oc4ccc5c6ccccc6n(-c6cc(C(C)(C)C)ccn6)c5c4)c3)c3cccnc32)c([2H])c1[2H]. The van der Waals surface area contributed by atoms with Gasteiger partial charge in [0.2, 0.25) is 5.65 Å². The van der Waals surface area contributed by atoms with Crippen molar-refractivity contribution in [2.24, 2.45) is 0 Å². The summed E-state index contributed by atoms with van der Waals surface area (Å²) in [6, 6.07) is 28.6. The molecule has 0 aliphatic heterocycles. The van der Waals surface area contributed by atoms with Crippen LogP contribution in [0.2, 0.25) is 0 Å². The van der Waals surface area contributed by atoms with E-state index in [0.29, 0.717) is 28.4 Å². The molecule has 0 spiro atoms. The van der Waals surface area contributed by atoms with Gasteiger partial charge in [-0.15, -0.1) is 0 Å². The fourth-order valence-corrected chi connectivity index (χ4v) is 7.34. The summed E-state index contributed by atoms with van der Waals surface area (Å²) in [4.78, 5) is 9.54. The van der Waals surface area contributed by atoms with Gasteiger partial charge in [-0.05, 0) is 81.8 Å². The van der Waals surface area contributed by atoms with Crippen LogP contribution in [0.4, 0.5) is 0 Å². The van der Waals surface area contributed by atoms with E-state index < -0.39 is 60.4 Å². The van der Waals surface area contributed by atoms with Crippen molar-refractivity contribution in [1.82, 2.24) is 19.1 Å². The maximum atomic E-state index is 8.98. The van der Waals surface area contributed by atoms with Gasteiger partial charge in [0.1, 0.15) is 17.3 Å². The average Bonchev–Trinajstić information content (AvgIpc) is 3.87. The molecule has 0 saturated heterocycles. The normalized spacial score (nSPS) is 14.2. The second-order valence-corrected chi connectivity index (χ2v) is 14.6. The van der Waals surface area contributed by atoms with Gasteiger partial charge >= 0.3 is 0 Å². The van der Waals surface area contributed by atoms with Gasteiger partial charge in [0.25, 0.3) is 0 Å². The maximum Gasteiger partial charge on any atom is 0.208 e. The summed E-state index contributed by atoms with van der Waals surface area (Å²) in [6.45, 7) is 6.52. The van der Waals surface area contributed by atoms with Crippen LogP contribution in [0.5, 0.6) is 11.5 Å². The minimum Gasteiger partial charge on any atom is -0.458 e. The third-order valence-electron chi connectivity index (χ3n) is 10.0. The highest BCUT2D eigenvalue weighted by Crippen LogP contribution is 2.37. The lowest BCUT2D eigenvalue weighted by Gasteiger charge is -2.20. The number of fused-ring (bicyclic) bond motifs is 4. The van der Waals surface area contributed by atoms with Crippen LogP contribution < -0.4 is 9.30 Å². The second-order valence-electron chi connectivity index (χ2n) is 14.6. The van der Waals surface area contributed by atoms with Crippen molar-refractivity contribution < 1.29 is 23.0 Å². The number of para-hydroxylation sites is 2. The molecule has 0 fully saturated rings. The molecule has 0 atom stereocenters. The van der Waals surface area contributed by atoms with E-state index in [0.717, 1.165) is 33.2 Å². The van der Waals surface area contributed by atoms with Gasteiger partial charge in [-0.25, -0.2) is 4.98 Å². The summed E-state index contributed by atoms with van der Waals surface area (Å²) >= 11 is 0. The molecular formula is C51H39N5O. The number of imidazole rings is 1. The molecular weight excluding hydrogens is 699 g/mol. The van der Waals surface area contributed by atoms with E-state index in [2.05, 4.69) is 49.9 Å². The van der Waals surface area contributed by atoms with Gasteiger partial charge in [-0.1, -0.05) is 136 Å². The second kappa shape index (κ2) is 13.8. The molecule has 4 aromatic heterocycles. The van der Waals surface area contributed by atoms with E-state index >= 15 is 0 Å². The molecule has 0 N–H and O–H groups in total. The van der Waals surface area contributed by atoms with Gasteiger partial charge in [0.15, 0.2) is 6.33 Å². The number of benzene rings is 6. The Morgan fingerprint density at radius 2 is 1.30 bits per heavy atom. The third-order valence-corrected chi connectivity index (χ3v) is 10.0. The molecule has 6 heteroatoms. The lowest BCUT2D eigenvalue weighted by Crippen LogP contribution is -2.32.